The van der Waals surface area contributed by atoms with Crippen LogP contribution in [-0.4, -0.2) is 53.8 Å². The minimum atomic E-state index is 0.601. The lowest BCUT2D eigenvalue weighted by Crippen LogP contribution is -2.39. The zero-order valence-corrected chi connectivity index (χ0v) is 15.4. The number of rotatable bonds is 4. The van der Waals surface area contributed by atoms with Crippen LogP contribution < -0.4 is 9.80 Å². The van der Waals surface area contributed by atoms with Crippen molar-refractivity contribution in [3.63, 3.8) is 0 Å². The first-order valence-electron chi connectivity index (χ1n) is 9.73. The van der Waals surface area contributed by atoms with E-state index in [9.17, 15) is 0 Å². The van der Waals surface area contributed by atoms with E-state index in [2.05, 4.69) is 34.7 Å². The van der Waals surface area contributed by atoms with E-state index in [4.69, 9.17) is 14.7 Å². The maximum Gasteiger partial charge on any atom is 0.229 e. The van der Waals surface area contributed by atoms with Crippen molar-refractivity contribution in [2.24, 2.45) is 0 Å². The van der Waals surface area contributed by atoms with Gasteiger partial charge in [0.1, 0.15) is 11.5 Å². The van der Waals surface area contributed by atoms with Crippen LogP contribution >= 0.6 is 0 Å². The summed E-state index contributed by atoms with van der Waals surface area (Å²) in [5.41, 5.74) is 2.10. The molecule has 6 nitrogen and oxygen atoms in total. The molecule has 0 radical (unpaired) electrons. The van der Waals surface area contributed by atoms with Gasteiger partial charge in [-0.15, -0.1) is 0 Å². The van der Waals surface area contributed by atoms with Gasteiger partial charge in [-0.25, -0.2) is 0 Å². The summed E-state index contributed by atoms with van der Waals surface area (Å²) >= 11 is 0. The van der Waals surface area contributed by atoms with Gasteiger partial charge < -0.3 is 19.5 Å². The molecule has 2 aliphatic rings. The average molecular weight is 343 g/mol. The molecule has 1 N–H and O–H groups in total. The number of nitrogens with one attached hydrogen (secondary N) is 1. The molecule has 25 heavy (non-hydrogen) atoms. The Morgan fingerprint density at radius 2 is 1.96 bits per heavy atom. The molecule has 1 saturated heterocycles. The molecule has 136 valence electrons. The van der Waals surface area contributed by atoms with E-state index in [1.807, 2.05) is 0 Å². The van der Waals surface area contributed by atoms with Crippen LogP contribution in [0.25, 0.3) is 11.0 Å². The molecule has 1 aliphatic carbocycles. The standard InChI is InChI=1S/C19H29N5O/c1-3-24(15-7-5-4-6-8-15)18-16-13-14(2)20-17(16)21-19(22-18)23-9-11-25-12-10-23/h13,15H,3-12H2,1-2H3,(H,20,21,22). The van der Waals surface area contributed by atoms with E-state index in [1.54, 1.807) is 0 Å². The Labute approximate surface area is 149 Å². The van der Waals surface area contributed by atoms with Gasteiger partial charge in [-0.05, 0) is 32.8 Å². The summed E-state index contributed by atoms with van der Waals surface area (Å²) in [5.74, 6) is 1.94. The number of morpholine rings is 1. The van der Waals surface area contributed by atoms with Gasteiger partial charge >= 0.3 is 0 Å². The fraction of sp³-hybridized carbons (Fsp3) is 0.684. The Kier molecular flexibility index (Phi) is 4.79. The molecule has 0 unspecified atom stereocenters. The van der Waals surface area contributed by atoms with Crippen LogP contribution in [0.3, 0.4) is 0 Å². The number of aryl methyl sites for hydroxylation is 1. The van der Waals surface area contributed by atoms with Gasteiger partial charge in [0, 0.05) is 31.4 Å². The number of anilines is 2. The first-order valence-corrected chi connectivity index (χ1v) is 9.73. The number of nitrogens with zero attached hydrogens (tertiary/aromatic N) is 4. The Morgan fingerprint density at radius 3 is 2.68 bits per heavy atom. The summed E-state index contributed by atoms with van der Waals surface area (Å²) in [7, 11) is 0. The number of hydrogen-bond acceptors (Lipinski definition) is 5. The summed E-state index contributed by atoms with van der Waals surface area (Å²) in [6, 6.07) is 2.80. The lowest BCUT2D eigenvalue weighted by atomic mass is 9.94. The number of H-pyrrole nitrogens is 1. The zero-order chi connectivity index (χ0) is 17.2. The van der Waals surface area contributed by atoms with Crippen LogP contribution in [0, 0.1) is 6.92 Å². The van der Waals surface area contributed by atoms with E-state index < -0.39 is 0 Å². The van der Waals surface area contributed by atoms with Crippen molar-refractivity contribution in [1.82, 2.24) is 15.0 Å². The Bertz CT molecular complexity index is 716. The number of ether oxygens (including phenoxy) is 1. The van der Waals surface area contributed by atoms with Gasteiger partial charge in [-0.1, -0.05) is 19.3 Å². The highest BCUT2D eigenvalue weighted by molar-refractivity contribution is 5.89. The van der Waals surface area contributed by atoms with E-state index in [1.165, 1.54) is 32.1 Å². The first kappa shape index (κ1) is 16.6. The van der Waals surface area contributed by atoms with Crippen LogP contribution in [0.1, 0.15) is 44.7 Å². The fourth-order valence-corrected chi connectivity index (χ4v) is 4.21. The molecule has 2 aromatic rings. The molecule has 0 aromatic carbocycles. The molecular formula is C19H29N5O. The predicted octanol–water partition coefficient (Wildman–Crippen LogP) is 3.26. The van der Waals surface area contributed by atoms with Gasteiger partial charge in [-0.2, -0.15) is 9.97 Å². The number of hydrogen-bond donors (Lipinski definition) is 1. The minimum absolute atomic E-state index is 0.601. The normalized spacial score (nSPS) is 19.5. The van der Waals surface area contributed by atoms with Crippen molar-refractivity contribution in [1.29, 1.82) is 0 Å². The molecule has 2 fully saturated rings. The van der Waals surface area contributed by atoms with Gasteiger partial charge in [0.05, 0.1) is 18.6 Å². The summed E-state index contributed by atoms with van der Waals surface area (Å²) in [4.78, 5) is 18.1. The Balaban J connectivity index is 1.76. The summed E-state index contributed by atoms with van der Waals surface area (Å²) in [6.07, 6.45) is 6.58. The molecule has 6 heteroatoms. The minimum Gasteiger partial charge on any atom is -0.378 e. The SMILES string of the molecule is CCN(c1nc(N2CCOCC2)nc2[nH]c(C)cc12)C1CCCCC1. The Morgan fingerprint density at radius 1 is 1.20 bits per heavy atom. The molecule has 0 amide bonds. The highest BCUT2D eigenvalue weighted by Crippen LogP contribution is 2.32. The van der Waals surface area contributed by atoms with Crippen molar-refractivity contribution in [2.45, 2.75) is 52.0 Å². The molecule has 3 heterocycles. The van der Waals surface area contributed by atoms with Crippen molar-refractivity contribution >= 4 is 22.8 Å². The van der Waals surface area contributed by atoms with Crippen molar-refractivity contribution in [2.75, 3.05) is 42.6 Å². The largest absolute Gasteiger partial charge is 0.378 e. The van der Waals surface area contributed by atoms with E-state index >= 15 is 0 Å². The molecule has 0 spiro atoms. The molecule has 1 aliphatic heterocycles. The second-order valence-electron chi connectivity index (χ2n) is 7.24. The number of aromatic nitrogens is 3. The van der Waals surface area contributed by atoms with Crippen LogP contribution in [0.4, 0.5) is 11.8 Å². The molecule has 0 atom stereocenters. The van der Waals surface area contributed by atoms with E-state index in [0.717, 1.165) is 61.3 Å². The van der Waals surface area contributed by atoms with Crippen LogP contribution in [0.2, 0.25) is 0 Å². The van der Waals surface area contributed by atoms with Gasteiger partial charge in [0.15, 0.2) is 0 Å². The van der Waals surface area contributed by atoms with Crippen LogP contribution in [0.5, 0.6) is 0 Å². The highest BCUT2D eigenvalue weighted by Gasteiger charge is 2.25. The Hall–Kier alpha value is -1.82. The third-order valence-corrected chi connectivity index (χ3v) is 5.51. The quantitative estimate of drug-likeness (QED) is 0.923. The third-order valence-electron chi connectivity index (χ3n) is 5.51. The smallest absolute Gasteiger partial charge is 0.229 e. The molecule has 4 rings (SSSR count). The summed E-state index contributed by atoms with van der Waals surface area (Å²) < 4.78 is 5.49. The second kappa shape index (κ2) is 7.20. The number of aromatic amines is 1. The second-order valence-corrected chi connectivity index (χ2v) is 7.24. The topological polar surface area (TPSA) is 57.3 Å². The monoisotopic (exact) mass is 343 g/mol. The lowest BCUT2D eigenvalue weighted by molar-refractivity contribution is 0.122. The average Bonchev–Trinajstić information content (AvgIpc) is 3.04. The van der Waals surface area contributed by atoms with Crippen molar-refractivity contribution in [3.8, 4) is 0 Å². The van der Waals surface area contributed by atoms with Gasteiger partial charge in [0.2, 0.25) is 5.95 Å². The number of fused-ring (bicyclic) bond motifs is 1. The van der Waals surface area contributed by atoms with Crippen LogP contribution in [-0.2, 0) is 4.74 Å². The van der Waals surface area contributed by atoms with Crippen molar-refractivity contribution in [3.05, 3.63) is 11.8 Å². The maximum absolute atomic E-state index is 5.49. The molecule has 0 bridgehead atoms. The van der Waals surface area contributed by atoms with Gasteiger partial charge in [0.25, 0.3) is 0 Å². The highest BCUT2D eigenvalue weighted by atomic mass is 16.5. The van der Waals surface area contributed by atoms with E-state index in [0.29, 0.717) is 6.04 Å². The maximum atomic E-state index is 5.49. The molecule has 1 saturated carbocycles. The third kappa shape index (κ3) is 3.32. The van der Waals surface area contributed by atoms with Crippen LogP contribution in [0.15, 0.2) is 6.07 Å². The first-order chi connectivity index (χ1) is 12.3. The van der Waals surface area contributed by atoms with E-state index in [-0.39, 0.29) is 0 Å². The zero-order valence-electron chi connectivity index (χ0n) is 15.4. The van der Waals surface area contributed by atoms with Crippen molar-refractivity contribution < 1.29 is 4.74 Å². The fourth-order valence-electron chi connectivity index (χ4n) is 4.21. The summed E-state index contributed by atoms with van der Waals surface area (Å²) in [5, 5.41) is 1.15. The molecule has 2 aromatic heterocycles. The van der Waals surface area contributed by atoms with Gasteiger partial charge in [-0.3, -0.25) is 0 Å². The summed E-state index contributed by atoms with van der Waals surface area (Å²) in [6.45, 7) is 8.55. The predicted molar refractivity (Wildman–Crippen MR) is 102 cm³/mol. The lowest BCUT2D eigenvalue weighted by Gasteiger charge is -2.35. The molecular weight excluding hydrogens is 314 g/mol.